The molecule has 0 amide bonds. The zero-order valence-corrected chi connectivity index (χ0v) is 8.77. The van der Waals surface area contributed by atoms with E-state index in [-0.39, 0.29) is 0 Å². The molecular formula is C10H14ClN3. The summed E-state index contributed by atoms with van der Waals surface area (Å²) in [4.78, 5) is 0. The minimum atomic E-state index is 0.520. The molecule has 1 saturated carbocycles. The van der Waals surface area contributed by atoms with E-state index >= 15 is 0 Å². The Morgan fingerprint density at radius 2 is 2.07 bits per heavy atom. The molecule has 1 unspecified atom stereocenters. The van der Waals surface area contributed by atoms with Crippen molar-refractivity contribution in [2.24, 2.45) is 0 Å². The Labute approximate surface area is 88.2 Å². The molecule has 0 radical (unpaired) electrons. The Morgan fingerprint density at radius 1 is 1.21 bits per heavy atom. The Hall–Kier alpha value is -0.540. The van der Waals surface area contributed by atoms with E-state index < -0.39 is 0 Å². The number of nitrogens with one attached hydrogen (secondary N) is 2. The van der Waals surface area contributed by atoms with Crippen LogP contribution < -0.4 is 5.32 Å². The van der Waals surface area contributed by atoms with Crippen LogP contribution in [-0.2, 0) is 0 Å². The summed E-state index contributed by atoms with van der Waals surface area (Å²) in [5, 5.41) is 11.7. The number of rotatable bonds is 2. The highest BCUT2D eigenvalue weighted by atomic mass is 35.5. The molecule has 1 aliphatic heterocycles. The van der Waals surface area contributed by atoms with Crippen LogP contribution in [-0.4, -0.2) is 23.3 Å². The fourth-order valence-electron chi connectivity index (χ4n) is 2.16. The van der Waals surface area contributed by atoms with Gasteiger partial charge in [-0.1, -0.05) is 11.6 Å². The standard InChI is InChI=1S/C10H14ClN3/c11-8-9(6-1-2-6)13-14-10(8)7-3-4-12-5-7/h6-7,12H,1-5H2,(H,13,14). The average Bonchev–Trinajstić information content (AvgIpc) is 2.76. The maximum absolute atomic E-state index is 6.32. The van der Waals surface area contributed by atoms with E-state index in [0.717, 1.165) is 30.2 Å². The number of hydrogen-bond donors (Lipinski definition) is 2. The first kappa shape index (κ1) is 8.74. The summed E-state index contributed by atoms with van der Waals surface area (Å²) in [5.41, 5.74) is 2.26. The lowest BCUT2D eigenvalue weighted by Crippen LogP contribution is -2.08. The Bertz CT molecular complexity index is 337. The van der Waals surface area contributed by atoms with Crippen LogP contribution in [0.25, 0.3) is 0 Å². The summed E-state index contributed by atoms with van der Waals surface area (Å²) < 4.78 is 0. The molecule has 1 atom stereocenters. The van der Waals surface area contributed by atoms with Crippen molar-refractivity contribution in [2.45, 2.75) is 31.1 Å². The second kappa shape index (κ2) is 3.24. The Kier molecular flexibility index (Phi) is 2.03. The van der Waals surface area contributed by atoms with Crippen molar-refractivity contribution in [2.75, 3.05) is 13.1 Å². The van der Waals surface area contributed by atoms with Crippen molar-refractivity contribution in [3.8, 4) is 0 Å². The molecule has 14 heavy (non-hydrogen) atoms. The van der Waals surface area contributed by atoms with Gasteiger partial charge in [-0.05, 0) is 25.8 Å². The van der Waals surface area contributed by atoms with Crippen molar-refractivity contribution in [3.63, 3.8) is 0 Å². The van der Waals surface area contributed by atoms with Crippen molar-refractivity contribution >= 4 is 11.6 Å². The molecule has 76 valence electrons. The smallest absolute Gasteiger partial charge is 0.0855 e. The minimum absolute atomic E-state index is 0.520. The van der Waals surface area contributed by atoms with E-state index in [4.69, 9.17) is 11.6 Å². The minimum Gasteiger partial charge on any atom is -0.316 e. The predicted octanol–water partition coefficient (Wildman–Crippen LogP) is 2.02. The number of hydrogen-bond acceptors (Lipinski definition) is 2. The monoisotopic (exact) mass is 211 g/mol. The van der Waals surface area contributed by atoms with Crippen LogP contribution in [0.15, 0.2) is 0 Å². The summed E-state index contributed by atoms with van der Waals surface area (Å²) in [6.45, 7) is 2.11. The Morgan fingerprint density at radius 3 is 2.71 bits per heavy atom. The molecule has 1 aliphatic carbocycles. The van der Waals surface area contributed by atoms with Gasteiger partial charge in [-0.25, -0.2) is 0 Å². The molecule has 1 aromatic rings. The number of nitrogens with zero attached hydrogens (tertiary/aromatic N) is 1. The lowest BCUT2D eigenvalue weighted by molar-refractivity contribution is 0.729. The largest absolute Gasteiger partial charge is 0.316 e. The van der Waals surface area contributed by atoms with E-state index in [1.54, 1.807) is 0 Å². The first-order chi connectivity index (χ1) is 6.86. The highest BCUT2D eigenvalue weighted by molar-refractivity contribution is 6.32. The van der Waals surface area contributed by atoms with E-state index in [9.17, 15) is 0 Å². The van der Waals surface area contributed by atoms with Gasteiger partial charge in [0, 0.05) is 18.4 Å². The van der Waals surface area contributed by atoms with E-state index in [1.807, 2.05) is 0 Å². The third kappa shape index (κ3) is 1.35. The molecule has 3 rings (SSSR count). The van der Waals surface area contributed by atoms with Crippen LogP contribution in [0.3, 0.4) is 0 Å². The molecule has 2 heterocycles. The van der Waals surface area contributed by atoms with Gasteiger partial charge in [0.2, 0.25) is 0 Å². The SMILES string of the molecule is Clc1c(C2CCNC2)n[nH]c1C1CC1. The Balaban J connectivity index is 1.89. The van der Waals surface area contributed by atoms with Crippen molar-refractivity contribution < 1.29 is 0 Å². The number of aromatic nitrogens is 2. The van der Waals surface area contributed by atoms with Gasteiger partial charge < -0.3 is 5.32 Å². The third-order valence-electron chi connectivity index (χ3n) is 3.19. The van der Waals surface area contributed by atoms with Gasteiger partial charge in [0.05, 0.1) is 16.4 Å². The molecule has 1 saturated heterocycles. The van der Waals surface area contributed by atoms with Crippen LogP contribution in [0.4, 0.5) is 0 Å². The van der Waals surface area contributed by atoms with Crippen molar-refractivity contribution in [1.29, 1.82) is 0 Å². The maximum Gasteiger partial charge on any atom is 0.0855 e. The summed E-state index contributed by atoms with van der Waals surface area (Å²) in [6.07, 6.45) is 3.70. The lowest BCUT2D eigenvalue weighted by Gasteiger charge is -2.03. The molecule has 3 nitrogen and oxygen atoms in total. The average molecular weight is 212 g/mol. The first-order valence-corrected chi connectivity index (χ1v) is 5.68. The van der Waals surface area contributed by atoms with Crippen molar-refractivity contribution in [1.82, 2.24) is 15.5 Å². The third-order valence-corrected chi connectivity index (χ3v) is 3.59. The van der Waals surface area contributed by atoms with Gasteiger partial charge in [-0.3, -0.25) is 5.10 Å². The van der Waals surface area contributed by atoms with Gasteiger partial charge in [0.1, 0.15) is 0 Å². The summed E-state index contributed by atoms with van der Waals surface area (Å²) >= 11 is 6.32. The quantitative estimate of drug-likeness (QED) is 0.786. The zero-order chi connectivity index (χ0) is 9.54. The first-order valence-electron chi connectivity index (χ1n) is 5.30. The van der Waals surface area contributed by atoms with E-state index in [0.29, 0.717) is 11.8 Å². The highest BCUT2D eigenvalue weighted by Crippen LogP contribution is 2.44. The second-order valence-corrected chi connectivity index (χ2v) is 4.68. The molecule has 0 spiro atoms. The molecule has 2 aliphatic rings. The van der Waals surface area contributed by atoms with E-state index in [2.05, 4.69) is 15.5 Å². The predicted molar refractivity (Wildman–Crippen MR) is 55.8 cm³/mol. The molecule has 0 aromatic carbocycles. The lowest BCUT2D eigenvalue weighted by atomic mass is 10.0. The maximum atomic E-state index is 6.32. The second-order valence-electron chi connectivity index (χ2n) is 4.30. The summed E-state index contributed by atoms with van der Waals surface area (Å²) in [5.74, 6) is 1.18. The summed E-state index contributed by atoms with van der Waals surface area (Å²) in [7, 11) is 0. The zero-order valence-electron chi connectivity index (χ0n) is 8.02. The number of halogens is 1. The van der Waals surface area contributed by atoms with Gasteiger partial charge in [-0.15, -0.1) is 0 Å². The fraction of sp³-hybridized carbons (Fsp3) is 0.700. The molecule has 4 heteroatoms. The van der Waals surface area contributed by atoms with Gasteiger partial charge in [0.25, 0.3) is 0 Å². The molecule has 2 N–H and O–H groups in total. The summed E-state index contributed by atoms with van der Waals surface area (Å²) in [6, 6.07) is 0. The molecular weight excluding hydrogens is 198 g/mol. The van der Waals surface area contributed by atoms with Crippen LogP contribution in [0.1, 0.15) is 42.5 Å². The van der Waals surface area contributed by atoms with Gasteiger partial charge in [-0.2, -0.15) is 5.10 Å². The number of H-pyrrole nitrogens is 1. The van der Waals surface area contributed by atoms with Crippen molar-refractivity contribution in [3.05, 3.63) is 16.4 Å². The van der Waals surface area contributed by atoms with Crippen LogP contribution in [0, 0.1) is 0 Å². The van der Waals surface area contributed by atoms with Crippen LogP contribution >= 0.6 is 11.6 Å². The van der Waals surface area contributed by atoms with Crippen LogP contribution in [0.2, 0.25) is 5.02 Å². The van der Waals surface area contributed by atoms with Gasteiger partial charge in [0.15, 0.2) is 0 Å². The molecule has 0 bridgehead atoms. The molecule has 1 aromatic heterocycles. The molecule has 2 fully saturated rings. The topological polar surface area (TPSA) is 40.7 Å². The number of aromatic amines is 1. The van der Waals surface area contributed by atoms with Crippen LogP contribution in [0.5, 0.6) is 0 Å². The highest BCUT2D eigenvalue weighted by Gasteiger charge is 2.31. The van der Waals surface area contributed by atoms with Gasteiger partial charge >= 0.3 is 0 Å². The normalized spacial score (nSPS) is 27.1. The fourth-order valence-corrected chi connectivity index (χ4v) is 2.55. The van der Waals surface area contributed by atoms with E-state index in [1.165, 1.54) is 18.5 Å².